The molecule has 1 aromatic heterocycles. The van der Waals surface area contributed by atoms with Crippen LogP contribution in [0.15, 0.2) is 18.3 Å². The predicted molar refractivity (Wildman–Crippen MR) is 62.9 cm³/mol. The van der Waals surface area contributed by atoms with Crippen molar-refractivity contribution in [2.24, 2.45) is 5.41 Å². The van der Waals surface area contributed by atoms with Crippen LogP contribution in [-0.2, 0) is 6.54 Å². The number of hydrogen-bond acceptors (Lipinski definition) is 2. The summed E-state index contributed by atoms with van der Waals surface area (Å²) in [7, 11) is 0. The lowest BCUT2D eigenvalue weighted by Crippen LogP contribution is -2.23. The molecule has 0 spiro atoms. The van der Waals surface area contributed by atoms with Crippen LogP contribution in [0.4, 0.5) is 0 Å². The number of nitrogens with one attached hydrogen (secondary N) is 1. The summed E-state index contributed by atoms with van der Waals surface area (Å²) in [4.78, 5) is 4.06. The van der Waals surface area contributed by atoms with Gasteiger partial charge in [-0.05, 0) is 30.7 Å². The molecule has 1 saturated carbocycles. The van der Waals surface area contributed by atoms with Crippen molar-refractivity contribution >= 4 is 11.6 Å². The number of rotatable bonds is 5. The Kier molecular flexibility index (Phi) is 3.27. The second kappa shape index (κ2) is 4.50. The highest BCUT2D eigenvalue weighted by atomic mass is 35.5. The highest BCUT2D eigenvalue weighted by molar-refractivity contribution is 6.30. The lowest BCUT2D eigenvalue weighted by Gasteiger charge is -2.13. The van der Waals surface area contributed by atoms with E-state index < -0.39 is 0 Å². The van der Waals surface area contributed by atoms with E-state index >= 15 is 0 Å². The molecule has 1 aliphatic rings. The Morgan fingerprint density at radius 1 is 1.53 bits per heavy atom. The van der Waals surface area contributed by atoms with E-state index in [0.717, 1.165) is 18.7 Å². The van der Waals surface area contributed by atoms with Gasteiger partial charge < -0.3 is 5.32 Å². The third kappa shape index (κ3) is 2.70. The van der Waals surface area contributed by atoms with Gasteiger partial charge in [0.2, 0.25) is 0 Å². The van der Waals surface area contributed by atoms with Crippen LogP contribution in [0.1, 0.15) is 31.7 Å². The molecule has 82 valence electrons. The monoisotopic (exact) mass is 224 g/mol. The predicted octanol–water partition coefficient (Wildman–Crippen LogP) is 3.01. The Hall–Kier alpha value is -0.600. The van der Waals surface area contributed by atoms with Crippen molar-refractivity contribution in [3.8, 4) is 0 Å². The molecule has 1 fully saturated rings. The SMILES string of the molecule is CCC1(CNCc2cccnc2Cl)CC1. The maximum absolute atomic E-state index is 5.97. The van der Waals surface area contributed by atoms with Gasteiger partial charge in [-0.1, -0.05) is 24.6 Å². The Balaban J connectivity index is 1.81. The minimum absolute atomic E-state index is 0.592. The smallest absolute Gasteiger partial charge is 0.133 e. The summed E-state index contributed by atoms with van der Waals surface area (Å²) in [6.07, 6.45) is 5.75. The van der Waals surface area contributed by atoms with Gasteiger partial charge in [-0.2, -0.15) is 0 Å². The van der Waals surface area contributed by atoms with Gasteiger partial charge >= 0.3 is 0 Å². The van der Waals surface area contributed by atoms with Gasteiger partial charge in [-0.25, -0.2) is 4.98 Å². The van der Waals surface area contributed by atoms with Crippen molar-refractivity contribution < 1.29 is 0 Å². The molecule has 2 rings (SSSR count). The highest BCUT2D eigenvalue weighted by Crippen LogP contribution is 2.47. The maximum atomic E-state index is 5.97. The zero-order valence-corrected chi connectivity index (χ0v) is 9.85. The van der Waals surface area contributed by atoms with E-state index in [0.29, 0.717) is 10.6 Å². The fourth-order valence-corrected chi connectivity index (χ4v) is 2.03. The first-order chi connectivity index (χ1) is 7.26. The average Bonchev–Trinajstić information content (AvgIpc) is 3.02. The number of nitrogens with zero attached hydrogens (tertiary/aromatic N) is 1. The molecule has 0 aliphatic heterocycles. The van der Waals surface area contributed by atoms with Gasteiger partial charge in [0.1, 0.15) is 5.15 Å². The number of halogens is 1. The first kappa shape index (κ1) is 10.9. The fraction of sp³-hybridized carbons (Fsp3) is 0.583. The molecule has 0 amide bonds. The van der Waals surface area contributed by atoms with E-state index in [1.807, 2.05) is 12.1 Å². The summed E-state index contributed by atoms with van der Waals surface area (Å²) in [6, 6.07) is 3.95. The van der Waals surface area contributed by atoms with Crippen LogP contribution in [-0.4, -0.2) is 11.5 Å². The van der Waals surface area contributed by atoms with Crippen molar-refractivity contribution in [3.05, 3.63) is 29.0 Å². The minimum atomic E-state index is 0.592. The zero-order valence-electron chi connectivity index (χ0n) is 9.09. The topological polar surface area (TPSA) is 24.9 Å². The van der Waals surface area contributed by atoms with Gasteiger partial charge in [0, 0.05) is 24.8 Å². The van der Waals surface area contributed by atoms with Crippen molar-refractivity contribution in [1.29, 1.82) is 0 Å². The Morgan fingerprint density at radius 2 is 2.33 bits per heavy atom. The quantitative estimate of drug-likeness (QED) is 0.778. The molecule has 0 bridgehead atoms. The molecule has 3 heteroatoms. The normalized spacial score (nSPS) is 17.7. The Bertz CT molecular complexity index is 334. The van der Waals surface area contributed by atoms with Crippen LogP contribution in [0.25, 0.3) is 0 Å². The van der Waals surface area contributed by atoms with Crippen LogP contribution < -0.4 is 5.32 Å². The van der Waals surface area contributed by atoms with Gasteiger partial charge in [-0.3, -0.25) is 0 Å². The molecule has 0 radical (unpaired) electrons. The molecule has 0 aromatic carbocycles. The number of hydrogen-bond donors (Lipinski definition) is 1. The van der Waals surface area contributed by atoms with E-state index in [1.54, 1.807) is 6.20 Å². The molecule has 1 aromatic rings. The van der Waals surface area contributed by atoms with Crippen molar-refractivity contribution in [2.75, 3.05) is 6.54 Å². The third-order valence-corrected chi connectivity index (χ3v) is 3.70. The van der Waals surface area contributed by atoms with Crippen LogP contribution in [0.5, 0.6) is 0 Å². The van der Waals surface area contributed by atoms with Crippen molar-refractivity contribution in [3.63, 3.8) is 0 Å². The fourth-order valence-electron chi connectivity index (χ4n) is 1.85. The third-order valence-electron chi connectivity index (χ3n) is 3.36. The molecule has 15 heavy (non-hydrogen) atoms. The molecule has 1 aliphatic carbocycles. The van der Waals surface area contributed by atoms with E-state index in [-0.39, 0.29) is 0 Å². The van der Waals surface area contributed by atoms with Gasteiger partial charge in [0.05, 0.1) is 0 Å². The van der Waals surface area contributed by atoms with Crippen LogP contribution in [0.3, 0.4) is 0 Å². The summed E-state index contributed by atoms with van der Waals surface area (Å²) in [5.41, 5.74) is 1.68. The Morgan fingerprint density at radius 3 is 2.93 bits per heavy atom. The molecule has 0 atom stereocenters. The minimum Gasteiger partial charge on any atom is -0.312 e. The first-order valence-corrected chi connectivity index (χ1v) is 5.94. The second-order valence-electron chi connectivity index (χ2n) is 4.41. The van der Waals surface area contributed by atoms with Gasteiger partial charge in [0.15, 0.2) is 0 Å². The summed E-state index contributed by atoms with van der Waals surface area (Å²) in [6.45, 7) is 4.20. The van der Waals surface area contributed by atoms with Crippen LogP contribution in [0, 0.1) is 5.41 Å². The number of pyridine rings is 1. The van der Waals surface area contributed by atoms with Crippen LogP contribution in [0.2, 0.25) is 5.15 Å². The molecule has 0 saturated heterocycles. The molecular weight excluding hydrogens is 208 g/mol. The van der Waals surface area contributed by atoms with Gasteiger partial charge in [0.25, 0.3) is 0 Å². The first-order valence-electron chi connectivity index (χ1n) is 5.56. The van der Waals surface area contributed by atoms with Crippen molar-refractivity contribution in [2.45, 2.75) is 32.7 Å². The van der Waals surface area contributed by atoms with E-state index in [4.69, 9.17) is 11.6 Å². The second-order valence-corrected chi connectivity index (χ2v) is 4.77. The molecule has 1 heterocycles. The standard InChI is InChI=1S/C12H17ClN2/c1-2-12(5-6-12)9-14-8-10-4-3-7-15-11(10)13/h3-4,7,14H,2,5-6,8-9H2,1H3. The van der Waals surface area contributed by atoms with E-state index in [9.17, 15) is 0 Å². The maximum Gasteiger partial charge on any atom is 0.133 e. The number of aromatic nitrogens is 1. The molecule has 1 N–H and O–H groups in total. The lowest BCUT2D eigenvalue weighted by atomic mass is 10.0. The van der Waals surface area contributed by atoms with Crippen LogP contribution >= 0.6 is 11.6 Å². The Labute approximate surface area is 96.1 Å². The molecule has 0 unspecified atom stereocenters. The van der Waals surface area contributed by atoms with E-state index in [2.05, 4.69) is 17.2 Å². The summed E-state index contributed by atoms with van der Waals surface area (Å²) in [5.74, 6) is 0. The molecular formula is C12H17ClN2. The lowest BCUT2D eigenvalue weighted by molar-refractivity contribution is 0.443. The van der Waals surface area contributed by atoms with Crippen molar-refractivity contribution in [1.82, 2.24) is 10.3 Å². The average molecular weight is 225 g/mol. The zero-order chi connectivity index (χ0) is 10.7. The molecule has 2 nitrogen and oxygen atoms in total. The largest absolute Gasteiger partial charge is 0.312 e. The van der Waals surface area contributed by atoms with E-state index in [1.165, 1.54) is 19.3 Å². The highest BCUT2D eigenvalue weighted by Gasteiger charge is 2.39. The summed E-state index contributed by atoms with van der Waals surface area (Å²) in [5, 5.41) is 4.09. The summed E-state index contributed by atoms with van der Waals surface area (Å²) < 4.78 is 0. The van der Waals surface area contributed by atoms with Gasteiger partial charge in [-0.15, -0.1) is 0 Å². The summed E-state index contributed by atoms with van der Waals surface area (Å²) >= 11 is 5.97.